The van der Waals surface area contributed by atoms with E-state index in [0.29, 0.717) is 24.5 Å². The summed E-state index contributed by atoms with van der Waals surface area (Å²) in [5.74, 6) is 1.99. The Kier molecular flexibility index (Phi) is 5.18. The fraction of sp³-hybridized carbons (Fsp3) is 0.320. The van der Waals surface area contributed by atoms with Gasteiger partial charge in [-0.25, -0.2) is 0 Å². The van der Waals surface area contributed by atoms with Gasteiger partial charge in [0.2, 0.25) is 0 Å². The summed E-state index contributed by atoms with van der Waals surface area (Å²) in [6.45, 7) is 0.706. The minimum absolute atomic E-state index is 0.0752. The largest absolute Gasteiger partial charge is 0.488 e. The summed E-state index contributed by atoms with van der Waals surface area (Å²) < 4.78 is 18.0. The van der Waals surface area contributed by atoms with E-state index >= 15 is 0 Å². The van der Waals surface area contributed by atoms with Crippen molar-refractivity contribution in [2.75, 3.05) is 13.2 Å². The molecule has 5 nitrogen and oxygen atoms in total. The van der Waals surface area contributed by atoms with Crippen LogP contribution in [0.1, 0.15) is 36.0 Å². The van der Waals surface area contributed by atoms with Crippen LogP contribution in [0.15, 0.2) is 60.7 Å². The van der Waals surface area contributed by atoms with Gasteiger partial charge >= 0.3 is 0 Å². The van der Waals surface area contributed by atoms with Gasteiger partial charge < -0.3 is 19.5 Å². The maximum absolute atomic E-state index is 13.0. The SMILES string of the molecule is O=C(NC1CCCC1)c1ccc2ccccc2c1OCC1COc2ccccc2O1. The number of para-hydroxylation sites is 2. The second kappa shape index (κ2) is 8.27. The van der Waals surface area contributed by atoms with Gasteiger partial charge in [0.25, 0.3) is 5.91 Å². The average Bonchev–Trinajstić information content (AvgIpc) is 3.30. The van der Waals surface area contributed by atoms with E-state index in [4.69, 9.17) is 14.2 Å². The Hall–Kier alpha value is -3.21. The van der Waals surface area contributed by atoms with Crippen LogP contribution >= 0.6 is 0 Å². The van der Waals surface area contributed by atoms with Crippen molar-refractivity contribution in [1.82, 2.24) is 5.32 Å². The summed E-state index contributed by atoms with van der Waals surface area (Å²) in [4.78, 5) is 13.0. The minimum atomic E-state index is -0.246. The maximum atomic E-state index is 13.0. The van der Waals surface area contributed by atoms with Crippen LogP contribution in [0.4, 0.5) is 0 Å². The van der Waals surface area contributed by atoms with Crippen molar-refractivity contribution in [3.05, 3.63) is 66.2 Å². The highest BCUT2D eigenvalue weighted by Gasteiger charge is 2.24. The van der Waals surface area contributed by atoms with E-state index in [-0.39, 0.29) is 18.1 Å². The fourth-order valence-electron chi connectivity index (χ4n) is 4.23. The lowest BCUT2D eigenvalue weighted by molar-refractivity contribution is 0.0535. The molecular weight excluding hydrogens is 378 g/mol. The number of hydrogen-bond donors (Lipinski definition) is 1. The Bertz CT molecular complexity index is 1060. The summed E-state index contributed by atoms with van der Waals surface area (Å²) in [5, 5.41) is 5.14. The Morgan fingerprint density at radius 3 is 2.60 bits per heavy atom. The zero-order chi connectivity index (χ0) is 20.3. The Balaban J connectivity index is 1.38. The number of rotatable bonds is 5. The third-order valence-corrected chi connectivity index (χ3v) is 5.80. The van der Waals surface area contributed by atoms with E-state index < -0.39 is 0 Å². The average molecular weight is 403 g/mol. The standard InChI is InChI=1S/C25H25NO4/c27-25(26-18-8-2-3-9-18)21-14-13-17-7-1-4-10-20(17)24(21)29-16-19-15-28-22-11-5-6-12-23(22)30-19/h1,4-7,10-14,18-19H,2-3,8-9,15-16H2,(H,26,27). The van der Waals surface area contributed by atoms with Crippen molar-refractivity contribution in [3.8, 4) is 17.2 Å². The van der Waals surface area contributed by atoms with Crippen molar-refractivity contribution in [3.63, 3.8) is 0 Å². The van der Waals surface area contributed by atoms with Crippen molar-refractivity contribution in [2.24, 2.45) is 0 Å². The number of ether oxygens (including phenoxy) is 3. The summed E-state index contributed by atoms with van der Waals surface area (Å²) >= 11 is 0. The lowest BCUT2D eigenvalue weighted by Crippen LogP contribution is -2.35. The van der Waals surface area contributed by atoms with Crippen LogP contribution in [-0.2, 0) is 0 Å². The van der Waals surface area contributed by atoms with E-state index in [9.17, 15) is 4.79 Å². The third-order valence-electron chi connectivity index (χ3n) is 5.80. The number of carbonyl (C=O) groups is 1. The summed E-state index contributed by atoms with van der Waals surface area (Å²) in [5.41, 5.74) is 0.567. The van der Waals surface area contributed by atoms with Crippen molar-refractivity contribution in [2.45, 2.75) is 37.8 Å². The van der Waals surface area contributed by atoms with E-state index in [0.717, 1.165) is 35.1 Å². The van der Waals surface area contributed by atoms with Gasteiger partial charge in [-0.3, -0.25) is 4.79 Å². The topological polar surface area (TPSA) is 56.8 Å². The molecule has 1 heterocycles. The molecule has 1 aliphatic heterocycles. The highest BCUT2D eigenvalue weighted by Crippen LogP contribution is 2.33. The number of amides is 1. The number of benzene rings is 3. The first-order valence-corrected chi connectivity index (χ1v) is 10.6. The molecule has 154 valence electrons. The van der Waals surface area contributed by atoms with Crippen LogP contribution in [-0.4, -0.2) is 31.3 Å². The number of hydrogen-bond acceptors (Lipinski definition) is 4. The van der Waals surface area contributed by atoms with Gasteiger partial charge in [-0.1, -0.05) is 55.3 Å². The van der Waals surface area contributed by atoms with Gasteiger partial charge in [-0.05, 0) is 36.4 Å². The highest BCUT2D eigenvalue weighted by atomic mass is 16.6. The smallest absolute Gasteiger partial charge is 0.255 e. The van der Waals surface area contributed by atoms with Gasteiger partial charge in [0, 0.05) is 11.4 Å². The molecule has 0 radical (unpaired) electrons. The van der Waals surface area contributed by atoms with E-state index in [2.05, 4.69) is 5.32 Å². The second-order valence-corrected chi connectivity index (χ2v) is 7.93. The fourth-order valence-corrected chi connectivity index (χ4v) is 4.23. The molecule has 1 amide bonds. The monoisotopic (exact) mass is 403 g/mol. The molecule has 30 heavy (non-hydrogen) atoms. The first kappa shape index (κ1) is 18.8. The van der Waals surface area contributed by atoms with Gasteiger partial charge in [-0.15, -0.1) is 0 Å². The summed E-state index contributed by atoms with van der Waals surface area (Å²) in [6.07, 6.45) is 4.19. The zero-order valence-electron chi connectivity index (χ0n) is 16.8. The Morgan fingerprint density at radius 1 is 0.967 bits per heavy atom. The van der Waals surface area contributed by atoms with Crippen LogP contribution in [0.2, 0.25) is 0 Å². The second-order valence-electron chi connectivity index (χ2n) is 7.93. The zero-order valence-corrected chi connectivity index (χ0v) is 16.8. The van der Waals surface area contributed by atoms with E-state index in [1.165, 1.54) is 12.8 Å². The van der Waals surface area contributed by atoms with Crippen LogP contribution in [0.3, 0.4) is 0 Å². The number of nitrogens with one attached hydrogen (secondary N) is 1. The molecular formula is C25H25NO4. The van der Waals surface area contributed by atoms with Gasteiger partial charge in [0.1, 0.15) is 19.0 Å². The molecule has 2 aliphatic rings. The van der Waals surface area contributed by atoms with Crippen molar-refractivity contribution in [1.29, 1.82) is 0 Å². The summed E-state index contributed by atoms with van der Waals surface area (Å²) in [7, 11) is 0. The van der Waals surface area contributed by atoms with E-state index in [1.54, 1.807) is 0 Å². The Labute approximate surface area is 175 Å². The predicted octanol–water partition coefficient (Wildman–Crippen LogP) is 4.73. The molecule has 1 unspecified atom stereocenters. The molecule has 0 bridgehead atoms. The van der Waals surface area contributed by atoms with Crippen LogP contribution in [0.5, 0.6) is 17.2 Å². The Morgan fingerprint density at radius 2 is 1.73 bits per heavy atom. The molecule has 1 aliphatic carbocycles. The molecule has 0 aromatic heterocycles. The molecule has 1 N–H and O–H groups in total. The maximum Gasteiger partial charge on any atom is 0.255 e. The van der Waals surface area contributed by atoms with E-state index in [1.807, 2.05) is 60.7 Å². The molecule has 3 aromatic carbocycles. The molecule has 1 fully saturated rings. The molecule has 5 rings (SSSR count). The highest BCUT2D eigenvalue weighted by molar-refractivity contribution is 6.04. The van der Waals surface area contributed by atoms with Gasteiger partial charge in [0.15, 0.2) is 17.6 Å². The van der Waals surface area contributed by atoms with Crippen molar-refractivity contribution < 1.29 is 19.0 Å². The summed E-state index contributed by atoms with van der Waals surface area (Å²) in [6, 6.07) is 19.7. The number of carbonyl (C=O) groups excluding carboxylic acids is 1. The molecule has 0 saturated heterocycles. The molecule has 5 heteroatoms. The van der Waals surface area contributed by atoms with Crippen LogP contribution < -0.4 is 19.5 Å². The molecule has 3 aromatic rings. The minimum Gasteiger partial charge on any atom is -0.488 e. The van der Waals surface area contributed by atoms with Gasteiger partial charge in [-0.2, -0.15) is 0 Å². The molecule has 1 atom stereocenters. The quantitative estimate of drug-likeness (QED) is 0.669. The first-order valence-electron chi connectivity index (χ1n) is 10.6. The van der Waals surface area contributed by atoms with Crippen LogP contribution in [0, 0.1) is 0 Å². The molecule has 1 saturated carbocycles. The van der Waals surface area contributed by atoms with Crippen molar-refractivity contribution >= 4 is 16.7 Å². The lowest BCUT2D eigenvalue weighted by Gasteiger charge is -2.27. The first-order chi connectivity index (χ1) is 14.8. The molecule has 0 spiro atoms. The lowest BCUT2D eigenvalue weighted by atomic mass is 10.0. The predicted molar refractivity (Wildman–Crippen MR) is 116 cm³/mol. The normalized spacial score (nSPS) is 18.3. The third kappa shape index (κ3) is 3.80. The number of fused-ring (bicyclic) bond motifs is 2. The van der Waals surface area contributed by atoms with Crippen LogP contribution in [0.25, 0.3) is 10.8 Å². The van der Waals surface area contributed by atoms with Gasteiger partial charge in [0.05, 0.1) is 5.56 Å².